The fourth-order valence-corrected chi connectivity index (χ4v) is 1.58. The Morgan fingerprint density at radius 2 is 1.92 bits per heavy atom. The van der Waals surface area contributed by atoms with Crippen LogP contribution in [0.1, 0.15) is 26.7 Å². The van der Waals surface area contributed by atoms with E-state index in [1.807, 2.05) is 0 Å². The monoisotopic (exact) mass is 182 g/mol. The lowest BCUT2D eigenvalue weighted by Crippen LogP contribution is -2.40. The molecule has 1 aliphatic rings. The fraction of sp³-hybridized carbons (Fsp3) is 0.818. The van der Waals surface area contributed by atoms with Crippen molar-refractivity contribution >= 4 is 0 Å². The van der Waals surface area contributed by atoms with Crippen LogP contribution in [0, 0.1) is 5.92 Å². The van der Waals surface area contributed by atoms with Crippen LogP contribution in [-0.4, -0.2) is 31.1 Å². The Labute approximate surface area is 82.0 Å². The molecule has 13 heavy (non-hydrogen) atoms. The van der Waals surface area contributed by atoms with Crippen LogP contribution in [-0.2, 0) is 0 Å². The second-order valence-electron chi connectivity index (χ2n) is 4.40. The molecule has 0 atom stereocenters. The number of rotatable bonds is 3. The predicted molar refractivity (Wildman–Crippen MR) is 57.6 cm³/mol. The summed E-state index contributed by atoms with van der Waals surface area (Å²) < 4.78 is 0. The van der Waals surface area contributed by atoms with Crippen molar-refractivity contribution in [2.24, 2.45) is 5.92 Å². The minimum absolute atomic E-state index is 0.555. The van der Waals surface area contributed by atoms with Crippen molar-refractivity contribution in [3.63, 3.8) is 0 Å². The maximum absolute atomic E-state index is 4.04. The largest absolute Gasteiger partial charge is 0.386 e. The number of hydrogen-bond acceptors (Lipinski definition) is 2. The van der Waals surface area contributed by atoms with E-state index in [-0.39, 0.29) is 0 Å². The van der Waals surface area contributed by atoms with Gasteiger partial charge in [-0.15, -0.1) is 0 Å². The summed E-state index contributed by atoms with van der Waals surface area (Å²) in [6.07, 6.45) is 2.50. The summed E-state index contributed by atoms with van der Waals surface area (Å²) >= 11 is 0. The molecule has 0 amide bonds. The predicted octanol–water partition coefficient (Wildman–Crippen LogP) is 1.84. The minimum Gasteiger partial charge on any atom is -0.386 e. The third-order valence-corrected chi connectivity index (χ3v) is 2.81. The van der Waals surface area contributed by atoms with Gasteiger partial charge in [-0.2, -0.15) is 0 Å². The topological polar surface area (TPSA) is 15.3 Å². The van der Waals surface area contributed by atoms with E-state index >= 15 is 0 Å². The lowest BCUT2D eigenvalue weighted by molar-refractivity contribution is 0.239. The molecule has 0 bridgehead atoms. The van der Waals surface area contributed by atoms with Gasteiger partial charge in [0.15, 0.2) is 0 Å². The summed E-state index contributed by atoms with van der Waals surface area (Å²) in [6.45, 7) is 10.8. The highest BCUT2D eigenvalue weighted by Crippen LogP contribution is 2.12. The molecule has 1 aliphatic heterocycles. The van der Waals surface area contributed by atoms with Gasteiger partial charge < -0.3 is 10.2 Å². The summed E-state index contributed by atoms with van der Waals surface area (Å²) in [4.78, 5) is 2.39. The van der Waals surface area contributed by atoms with Gasteiger partial charge in [-0.1, -0.05) is 20.4 Å². The molecule has 1 fully saturated rings. The zero-order chi connectivity index (χ0) is 9.84. The SMILES string of the molecule is C=C(NC1CCN(C)CC1)C(C)C. The van der Waals surface area contributed by atoms with Crippen molar-refractivity contribution in [2.45, 2.75) is 32.7 Å². The van der Waals surface area contributed by atoms with E-state index in [9.17, 15) is 0 Å². The molecule has 0 aromatic heterocycles. The number of nitrogens with zero attached hydrogens (tertiary/aromatic N) is 1. The van der Waals surface area contributed by atoms with E-state index in [0.717, 1.165) is 0 Å². The fourth-order valence-electron chi connectivity index (χ4n) is 1.58. The Kier molecular flexibility index (Phi) is 3.79. The molecule has 0 aliphatic carbocycles. The van der Waals surface area contributed by atoms with Gasteiger partial charge >= 0.3 is 0 Å². The zero-order valence-corrected chi connectivity index (χ0v) is 9.14. The summed E-state index contributed by atoms with van der Waals surface area (Å²) in [5.74, 6) is 0.555. The summed E-state index contributed by atoms with van der Waals surface area (Å²) in [7, 11) is 2.19. The maximum Gasteiger partial charge on any atom is 0.0282 e. The number of allylic oxidation sites excluding steroid dienone is 1. The molecular formula is C11H22N2. The lowest BCUT2D eigenvalue weighted by Gasteiger charge is -2.31. The van der Waals surface area contributed by atoms with Crippen molar-refractivity contribution in [3.8, 4) is 0 Å². The first-order valence-corrected chi connectivity index (χ1v) is 5.23. The highest BCUT2D eigenvalue weighted by atomic mass is 15.1. The normalized spacial score (nSPS) is 20.6. The van der Waals surface area contributed by atoms with Crippen LogP contribution in [0.25, 0.3) is 0 Å². The molecule has 0 saturated carbocycles. The quantitative estimate of drug-likeness (QED) is 0.716. The average molecular weight is 182 g/mol. The second-order valence-corrected chi connectivity index (χ2v) is 4.40. The van der Waals surface area contributed by atoms with Crippen molar-refractivity contribution in [1.29, 1.82) is 0 Å². The molecule has 0 aromatic carbocycles. The second kappa shape index (κ2) is 4.66. The Hall–Kier alpha value is -0.500. The maximum atomic E-state index is 4.04. The van der Waals surface area contributed by atoms with Gasteiger partial charge in [-0.25, -0.2) is 0 Å². The Morgan fingerprint density at radius 3 is 2.38 bits per heavy atom. The third-order valence-electron chi connectivity index (χ3n) is 2.81. The lowest BCUT2D eigenvalue weighted by atomic mass is 10.0. The van der Waals surface area contributed by atoms with E-state index in [1.165, 1.54) is 31.6 Å². The van der Waals surface area contributed by atoms with E-state index in [2.05, 4.69) is 37.7 Å². The van der Waals surface area contributed by atoms with Crippen LogP contribution in [0.4, 0.5) is 0 Å². The van der Waals surface area contributed by atoms with E-state index in [1.54, 1.807) is 0 Å². The zero-order valence-electron chi connectivity index (χ0n) is 9.14. The van der Waals surface area contributed by atoms with Crippen LogP contribution < -0.4 is 5.32 Å². The highest BCUT2D eigenvalue weighted by Gasteiger charge is 2.16. The highest BCUT2D eigenvalue weighted by molar-refractivity contribution is 4.97. The van der Waals surface area contributed by atoms with Crippen molar-refractivity contribution in [3.05, 3.63) is 12.3 Å². The van der Waals surface area contributed by atoms with Gasteiger partial charge in [-0.05, 0) is 38.9 Å². The van der Waals surface area contributed by atoms with E-state index in [0.29, 0.717) is 12.0 Å². The first-order chi connectivity index (χ1) is 6.09. The molecule has 1 rings (SSSR count). The molecule has 76 valence electrons. The molecule has 0 unspecified atom stereocenters. The van der Waals surface area contributed by atoms with Gasteiger partial charge in [0.25, 0.3) is 0 Å². The van der Waals surface area contributed by atoms with Gasteiger partial charge in [-0.3, -0.25) is 0 Å². The van der Waals surface area contributed by atoms with Crippen molar-refractivity contribution in [2.75, 3.05) is 20.1 Å². The van der Waals surface area contributed by atoms with Gasteiger partial charge in [0.2, 0.25) is 0 Å². The molecule has 1 N–H and O–H groups in total. The van der Waals surface area contributed by atoms with Gasteiger partial charge in [0.1, 0.15) is 0 Å². The minimum atomic E-state index is 0.555. The first kappa shape index (κ1) is 10.6. The molecule has 2 heteroatoms. The van der Waals surface area contributed by atoms with Crippen molar-refractivity contribution in [1.82, 2.24) is 10.2 Å². The molecule has 1 heterocycles. The van der Waals surface area contributed by atoms with Crippen molar-refractivity contribution < 1.29 is 0 Å². The van der Waals surface area contributed by atoms with Gasteiger partial charge in [0.05, 0.1) is 0 Å². The van der Waals surface area contributed by atoms with Crippen LogP contribution in [0.2, 0.25) is 0 Å². The van der Waals surface area contributed by atoms with Crippen LogP contribution >= 0.6 is 0 Å². The Bertz CT molecular complexity index is 167. The summed E-state index contributed by atoms with van der Waals surface area (Å²) in [5.41, 5.74) is 1.19. The Morgan fingerprint density at radius 1 is 1.38 bits per heavy atom. The number of piperidine rings is 1. The average Bonchev–Trinajstić information content (AvgIpc) is 2.08. The number of nitrogens with one attached hydrogen (secondary N) is 1. The molecular weight excluding hydrogens is 160 g/mol. The number of hydrogen-bond donors (Lipinski definition) is 1. The van der Waals surface area contributed by atoms with Crippen LogP contribution in [0.5, 0.6) is 0 Å². The number of likely N-dealkylation sites (tertiary alicyclic amines) is 1. The molecule has 0 aromatic rings. The van der Waals surface area contributed by atoms with E-state index in [4.69, 9.17) is 0 Å². The summed E-state index contributed by atoms with van der Waals surface area (Å²) in [6, 6.07) is 0.658. The first-order valence-electron chi connectivity index (χ1n) is 5.23. The van der Waals surface area contributed by atoms with E-state index < -0.39 is 0 Å². The van der Waals surface area contributed by atoms with Crippen LogP contribution in [0.3, 0.4) is 0 Å². The Balaban J connectivity index is 2.26. The molecule has 0 radical (unpaired) electrons. The smallest absolute Gasteiger partial charge is 0.0282 e. The molecule has 1 saturated heterocycles. The molecule has 2 nitrogen and oxygen atoms in total. The molecule has 0 spiro atoms. The standard InChI is InChI=1S/C11H22N2/c1-9(2)10(3)12-11-5-7-13(4)8-6-11/h9,11-12H,3,5-8H2,1-2,4H3. The van der Waals surface area contributed by atoms with Gasteiger partial charge in [0, 0.05) is 11.7 Å². The van der Waals surface area contributed by atoms with Crippen LogP contribution in [0.15, 0.2) is 12.3 Å². The summed E-state index contributed by atoms with van der Waals surface area (Å²) in [5, 5.41) is 3.52. The third kappa shape index (κ3) is 3.39.